The molecule has 2 aromatic carbocycles. The molecule has 148 valence electrons. The molecule has 0 aliphatic heterocycles. The first-order valence-electron chi connectivity index (χ1n) is 9.26. The summed E-state index contributed by atoms with van der Waals surface area (Å²) < 4.78 is 6.29. The van der Waals surface area contributed by atoms with E-state index in [-0.39, 0.29) is 5.56 Å². The first-order valence-corrected chi connectivity index (χ1v) is 10.1. The minimum Gasteiger partial charge on any atom is -0.496 e. The average molecular weight is 408 g/mol. The van der Waals surface area contributed by atoms with Crippen LogP contribution < -0.4 is 15.2 Å². The highest BCUT2D eigenvalue weighted by Crippen LogP contribution is 2.40. The van der Waals surface area contributed by atoms with Crippen molar-refractivity contribution in [3.63, 3.8) is 0 Å². The third-order valence-electron chi connectivity index (χ3n) is 4.92. The third kappa shape index (κ3) is 3.23. The molecule has 0 unspecified atom stereocenters. The summed E-state index contributed by atoms with van der Waals surface area (Å²) in [5.41, 5.74) is 3.01. The van der Waals surface area contributed by atoms with Crippen molar-refractivity contribution < 1.29 is 14.6 Å². The van der Waals surface area contributed by atoms with Crippen LogP contribution >= 0.6 is 11.3 Å². The standard InChI is InChI=1S/C22H20N2O4S/c1-3-11-24(22(26)27)14-6-4-13(5-7-14)18-17(28-2)9-8-16-19(18)15-10-12-29-20(15)21(25)23-16/h4-10,12H,3,11H2,1-2H3,(H,23,25)(H,26,27). The van der Waals surface area contributed by atoms with Crippen LogP contribution in [0.4, 0.5) is 10.5 Å². The Hall–Kier alpha value is -3.32. The fourth-order valence-electron chi connectivity index (χ4n) is 3.65. The number of amides is 1. The van der Waals surface area contributed by atoms with E-state index < -0.39 is 6.09 Å². The predicted octanol–water partition coefficient (Wildman–Crippen LogP) is 5.31. The van der Waals surface area contributed by atoms with Gasteiger partial charge in [0.15, 0.2) is 0 Å². The molecule has 7 heteroatoms. The van der Waals surface area contributed by atoms with E-state index in [2.05, 4.69) is 4.98 Å². The zero-order chi connectivity index (χ0) is 20.5. The molecule has 1 amide bonds. The summed E-state index contributed by atoms with van der Waals surface area (Å²) in [5, 5.41) is 13.2. The summed E-state index contributed by atoms with van der Waals surface area (Å²) in [6, 6.07) is 13.0. The Morgan fingerprint density at radius 1 is 1.17 bits per heavy atom. The van der Waals surface area contributed by atoms with E-state index in [4.69, 9.17) is 4.74 Å². The van der Waals surface area contributed by atoms with Gasteiger partial charge in [-0.2, -0.15) is 0 Å². The molecule has 0 radical (unpaired) electrons. The number of carbonyl (C=O) groups is 1. The number of fused-ring (bicyclic) bond motifs is 3. The fraction of sp³-hybridized carbons (Fsp3) is 0.182. The second-order valence-electron chi connectivity index (χ2n) is 6.66. The van der Waals surface area contributed by atoms with Crippen molar-refractivity contribution in [2.24, 2.45) is 0 Å². The molecule has 0 saturated carbocycles. The topological polar surface area (TPSA) is 82.6 Å². The quantitative estimate of drug-likeness (QED) is 0.469. The van der Waals surface area contributed by atoms with E-state index in [9.17, 15) is 14.7 Å². The van der Waals surface area contributed by atoms with Crippen LogP contribution in [0.5, 0.6) is 5.75 Å². The van der Waals surface area contributed by atoms with E-state index in [1.807, 2.05) is 42.6 Å². The molecule has 29 heavy (non-hydrogen) atoms. The summed E-state index contributed by atoms with van der Waals surface area (Å²) in [5.74, 6) is 0.688. The summed E-state index contributed by atoms with van der Waals surface area (Å²) in [4.78, 5) is 28.2. The van der Waals surface area contributed by atoms with Gasteiger partial charge in [-0.05, 0) is 47.7 Å². The number of thiophene rings is 1. The van der Waals surface area contributed by atoms with Gasteiger partial charge in [-0.25, -0.2) is 4.79 Å². The molecule has 2 heterocycles. The van der Waals surface area contributed by atoms with Crippen molar-refractivity contribution in [2.75, 3.05) is 18.6 Å². The highest BCUT2D eigenvalue weighted by Gasteiger charge is 2.18. The maximum atomic E-state index is 12.4. The van der Waals surface area contributed by atoms with Gasteiger partial charge in [-0.1, -0.05) is 19.1 Å². The van der Waals surface area contributed by atoms with Crippen molar-refractivity contribution in [1.82, 2.24) is 4.98 Å². The largest absolute Gasteiger partial charge is 0.496 e. The summed E-state index contributed by atoms with van der Waals surface area (Å²) in [6.07, 6.45) is -0.241. The minimum atomic E-state index is -0.972. The number of hydrogen-bond acceptors (Lipinski definition) is 4. The monoisotopic (exact) mass is 408 g/mol. The Morgan fingerprint density at radius 3 is 2.59 bits per heavy atom. The first-order chi connectivity index (χ1) is 14.0. The third-order valence-corrected chi connectivity index (χ3v) is 5.83. The van der Waals surface area contributed by atoms with Gasteiger partial charge >= 0.3 is 6.09 Å². The zero-order valence-electron chi connectivity index (χ0n) is 16.1. The Bertz CT molecular complexity index is 1260. The number of methoxy groups -OCH3 is 1. The van der Waals surface area contributed by atoms with Crippen molar-refractivity contribution in [3.05, 3.63) is 58.2 Å². The van der Waals surface area contributed by atoms with Crippen LogP contribution in [0.2, 0.25) is 0 Å². The highest BCUT2D eigenvalue weighted by molar-refractivity contribution is 7.17. The maximum Gasteiger partial charge on any atom is 0.411 e. The number of anilines is 1. The number of ether oxygens (including phenoxy) is 1. The molecular weight excluding hydrogens is 388 g/mol. The lowest BCUT2D eigenvalue weighted by atomic mass is 9.97. The summed E-state index contributed by atoms with van der Waals surface area (Å²) in [7, 11) is 1.61. The van der Waals surface area contributed by atoms with Crippen molar-refractivity contribution in [1.29, 1.82) is 0 Å². The molecule has 2 N–H and O–H groups in total. The lowest BCUT2D eigenvalue weighted by Crippen LogP contribution is -2.29. The van der Waals surface area contributed by atoms with Gasteiger partial charge in [0.05, 0.1) is 7.11 Å². The number of pyridine rings is 1. The maximum absolute atomic E-state index is 12.4. The number of rotatable bonds is 5. The number of nitrogens with zero attached hydrogens (tertiary/aromatic N) is 1. The van der Waals surface area contributed by atoms with Gasteiger partial charge in [0.1, 0.15) is 10.4 Å². The number of hydrogen-bond donors (Lipinski definition) is 2. The number of carboxylic acid groups (broad SMARTS) is 1. The SMILES string of the molecule is CCCN(C(=O)O)c1ccc(-c2c(OC)ccc3[nH]c(=O)c4sccc4c23)cc1. The van der Waals surface area contributed by atoms with Gasteiger partial charge in [-0.15, -0.1) is 11.3 Å². The lowest BCUT2D eigenvalue weighted by Gasteiger charge is -2.19. The highest BCUT2D eigenvalue weighted by atomic mass is 32.1. The Kier molecular flexibility index (Phi) is 4.98. The van der Waals surface area contributed by atoms with Crippen LogP contribution in [-0.2, 0) is 0 Å². The van der Waals surface area contributed by atoms with E-state index in [0.29, 0.717) is 22.7 Å². The molecule has 6 nitrogen and oxygen atoms in total. The van der Waals surface area contributed by atoms with Crippen LogP contribution in [0.15, 0.2) is 52.6 Å². The minimum absolute atomic E-state index is 0.106. The van der Waals surface area contributed by atoms with Crippen LogP contribution in [0, 0.1) is 0 Å². The second kappa shape index (κ2) is 7.60. The van der Waals surface area contributed by atoms with Crippen LogP contribution in [0.3, 0.4) is 0 Å². The molecule has 0 spiro atoms. The van der Waals surface area contributed by atoms with Gasteiger partial charge in [0.2, 0.25) is 0 Å². The van der Waals surface area contributed by atoms with Gasteiger partial charge in [-0.3, -0.25) is 9.69 Å². The first kappa shape index (κ1) is 19.0. The van der Waals surface area contributed by atoms with E-state index >= 15 is 0 Å². The number of nitrogens with one attached hydrogen (secondary N) is 1. The molecule has 0 atom stereocenters. The van der Waals surface area contributed by atoms with Crippen molar-refractivity contribution >= 4 is 44.1 Å². The molecule has 0 aliphatic rings. The molecule has 0 bridgehead atoms. The molecule has 0 aliphatic carbocycles. The Morgan fingerprint density at radius 2 is 1.93 bits per heavy atom. The number of aromatic nitrogens is 1. The average Bonchev–Trinajstić information content (AvgIpc) is 3.22. The summed E-state index contributed by atoms with van der Waals surface area (Å²) >= 11 is 1.40. The molecule has 0 fully saturated rings. The molecular formula is C22H20N2O4S. The van der Waals surface area contributed by atoms with Gasteiger partial charge < -0.3 is 14.8 Å². The van der Waals surface area contributed by atoms with Gasteiger partial charge in [0, 0.05) is 34.1 Å². The van der Waals surface area contributed by atoms with Crippen molar-refractivity contribution in [3.8, 4) is 16.9 Å². The Balaban J connectivity index is 1.94. The smallest absolute Gasteiger partial charge is 0.411 e. The number of aromatic amines is 1. The molecule has 2 aromatic heterocycles. The fourth-order valence-corrected chi connectivity index (χ4v) is 4.45. The van der Waals surface area contributed by atoms with E-state index in [1.165, 1.54) is 16.2 Å². The van der Waals surface area contributed by atoms with Crippen molar-refractivity contribution in [2.45, 2.75) is 13.3 Å². The summed E-state index contributed by atoms with van der Waals surface area (Å²) in [6.45, 7) is 2.38. The molecule has 4 rings (SSSR count). The van der Waals surface area contributed by atoms with E-state index in [0.717, 1.165) is 33.8 Å². The second-order valence-corrected chi connectivity index (χ2v) is 7.58. The zero-order valence-corrected chi connectivity index (χ0v) is 16.9. The van der Waals surface area contributed by atoms with Gasteiger partial charge in [0.25, 0.3) is 5.56 Å². The molecule has 0 saturated heterocycles. The van der Waals surface area contributed by atoms with Crippen LogP contribution in [0.25, 0.3) is 32.1 Å². The van der Waals surface area contributed by atoms with E-state index in [1.54, 1.807) is 19.2 Å². The lowest BCUT2D eigenvalue weighted by molar-refractivity contribution is 0.202. The normalized spacial score (nSPS) is 11.1. The Labute approximate surface area is 171 Å². The number of benzene rings is 2. The van der Waals surface area contributed by atoms with Crippen LogP contribution in [-0.4, -0.2) is 29.8 Å². The molecule has 4 aromatic rings. The predicted molar refractivity (Wildman–Crippen MR) is 118 cm³/mol. The number of H-pyrrole nitrogens is 1. The van der Waals surface area contributed by atoms with Crippen LogP contribution in [0.1, 0.15) is 13.3 Å².